The minimum Gasteiger partial charge on any atom is -0.377 e. The molecular weight excluding hydrogens is 304 g/mol. The van der Waals surface area contributed by atoms with Crippen molar-refractivity contribution in [1.82, 2.24) is 20.8 Å². The number of benzene rings is 1. The zero-order valence-electron chi connectivity index (χ0n) is 14.0. The lowest BCUT2D eigenvalue weighted by atomic mass is 10.1. The highest BCUT2D eigenvalue weighted by Crippen LogP contribution is 2.16. The Kier molecular flexibility index (Phi) is 5.61. The smallest absolute Gasteiger partial charge is 0.272 e. The summed E-state index contributed by atoms with van der Waals surface area (Å²) in [5.74, 6) is -0.138. The van der Waals surface area contributed by atoms with Crippen LogP contribution in [0.3, 0.4) is 0 Å². The highest BCUT2D eigenvalue weighted by molar-refractivity contribution is 5.94. The molecule has 0 fully saturated rings. The van der Waals surface area contributed by atoms with E-state index in [1.165, 1.54) is 0 Å². The minimum absolute atomic E-state index is 0.138. The predicted molar refractivity (Wildman–Crippen MR) is 91.6 cm³/mol. The molecule has 24 heavy (non-hydrogen) atoms. The third-order valence-electron chi connectivity index (χ3n) is 4.19. The van der Waals surface area contributed by atoms with Crippen molar-refractivity contribution in [1.29, 1.82) is 0 Å². The highest BCUT2D eigenvalue weighted by atomic mass is 16.5. The molecule has 0 atom stereocenters. The lowest BCUT2D eigenvalue weighted by Crippen LogP contribution is -2.28. The maximum Gasteiger partial charge on any atom is 0.272 e. The van der Waals surface area contributed by atoms with Gasteiger partial charge in [0.1, 0.15) is 0 Å². The van der Waals surface area contributed by atoms with Gasteiger partial charge >= 0.3 is 0 Å². The van der Waals surface area contributed by atoms with Gasteiger partial charge in [-0.3, -0.25) is 9.89 Å². The Morgan fingerprint density at radius 3 is 3.00 bits per heavy atom. The van der Waals surface area contributed by atoms with Crippen LogP contribution in [-0.4, -0.2) is 29.3 Å². The second kappa shape index (κ2) is 8.08. The summed E-state index contributed by atoms with van der Waals surface area (Å²) in [7, 11) is 0. The lowest BCUT2D eigenvalue weighted by Gasteiger charge is -2.13. The fraction of sp³-hybridized carbons (Fsp3) is 0.444. The predicted octanol–water partition coefficient (Wildman–Crippen LogP) is 1.91. The average molecular weight is 328 g/mol. The van der Waals surface area contributed by atoms with Crippen LogP contribution in [0.4, 0.5) is 0 Å². The number of rotatable bonds is 7. The molecule has 0 aliphatic carbocycles. The van der Waals surface area contributed by atoms with Crippen LogP contribution in [0.5, 0.6) is 0 Å². The Balaban J connectivity index is 1.63. The number of aromatic amines is 1. The number of ether oxygens (including phenoxy) is 1. The molecule has 1 amide bonds. The van der Waals surface area contributed by atoms with E-state index in [0.29, 0.717) is 25.4 Å². The van der Waals surface area contributed by atoms with Gasteiger partial charge in [0.15, 0.2) is 5.69 Å². The Morgan fingerprint density at radius 1 is 1.33 bits per heavy atom. The summed E-state index contributed by atoms with van der Waals surface area (Å²) in [6.07, 6.45) is 1.88. The molecule has 1 aliphatic heterocycles. The number of aromatic nitrogens is 2. The van der Waals surface area contributed by atoms with Crippen LogP contribution in [0.15, 0.2) is 24.3 Å². The van der Waals surface area contributed by atoms with Gasteiger partial charge in [-0.15, -0.1) is 0 Å². The molecule has 128 valence electrons. The summed E-state index contributed by atoms with van der Waals surface area (Å²) in [6, 6.07) is 8.03. The molecule has 1 aromatic carbocycles. The molecule has 6 heteroatoms. The minimum atomic E-state index is -0.138. The number of hydrogen-bond acceptors (Lipinski definition) is 4. The first-order chi connectivity index (χ1) is 11.8. The van der Waals surface area contributed by atoms with Crippen LogP contribution in [-0.2, 0) is 30.9 Å². The molecule has 3 N–H and O–H groups in total. The molecule has 2 aromatic rings. The number of H-pyrrole nitrogens is 1. The van der Waals surface area contributed by atoms with Crippen LogP contribution >= 0.6 is 0 Å². The first-order valence-corrected chi connectivity index (χ1v) is 8.49. The van der Waals surface area contributed by atoms with Crippen LogP contribution < -0.4 is 10.6 Å². The molecule has 1 aliphatic rings. The third kappa shape index (κ3) is 3.83. The van der Waals surface area contributed by atoms with Gasteiger partial charge in [-0.2, -0.15) is 5.10 Å². The van der Waals surface area contributed by atoms with E-state index < -0.39 is 0 Å². The molecule has 0 spiro atoms. The van der Waals surface area contributed by atoms with Crippen molar-refractivity contribution in [2.45, 2.75) is 39.5 Å². The lowest BCUT2D eigenvalue weighted by molar-refractivity contribution is 0.0943. The van der Waals surface area contributed by atoms with Crippen molar-refractivity contribution in [3.63, 3.8) is 0 Å². The number of nitrogens with one attached hydrogen (secondary N) is 3. The molecule has 6 nitrogen and oxygen atoms in total. The normalized spacial score (nSPS) is 13.5. The summed E-state index contributed by atoms with van der Waals surface area (Å²) in [6.45, 7) is 5.48. The van der Waals surface area contributed by atoms with E-state index in [1.807, 2.05) is 24.3 Å². The van der Waals surface area contributed by atoms with Gasteiger partial charge < -0.3 is 15.4 Å². The van der Waals surface area contributed by atoms with Crippen molar-refractivity contribution in [3.05, 3.63) is 52.3 Å². The summed E-state index contributed by atoms with van der Waals surface area (Å²) < 4.78 is 5.62. The molecule has 0 saturated carbocycles. The van der Waals surface area contributed by atoms with Gasteiger partial charge in [-0.25, -0.2) is 0 Å². The van der Waals surface area contributed by atoms with Gasteiger partial charge in [0.2, 0.25) is 0 Å². The van der Waals surface area contributed by atoms with Crippen LogP contribution in [0.1, 0.15) is 46.2 Å². The first-order valence-electron chi connectivity index (χ1n) is 8.49. The Morgan fingerprint density at radius 2 is 2.17 bits per heavy atom. The molecule has 0 bridgehead atoms. The summed E-state index contributed by atoms with van der Waals surface area (Å²) >= 11 is 0. The molecule has 1 aromatic heterocycles. The number of carbonyl (C=O) groups is 1. The number of carbonyl (C=O) groups excluding carboxylic acids is 1. The quantitative estimate of drug-likeness (QED) is 0.679. The van der Waals surface area contributed by atoms with Crippen LogP contribution in [0.25, 0.3) is 0 Å². The zero-order chi connectivity index (χ0) is 16.8. The van der Waals surface area contributed by atoms with E-state index in [2.05, 4.69) is 27.8 Å². The second-order valence-corrected chi connectivity index (χ2v) is 5.96. The number of nitrogens with zero attached hydrogens (tertiary/aromatic N) is 1. The molecule has 0 radical (unpaired) electrons. The Hall–Kier alpha value is -2.18. The molecular formula is C18H24N4O2. The Labute approximate surface area is 142 Å². The van der Waals surface area contributed by atoms with Gasteiger partial charge in [0.25, 0.3) is 5.91 Å². The molecule has 0 unspecified atom stereocenters. The standard InChI is InChI=1S/C18H24N4O2/c1-2-9-24-12-14-6-4-3-5-13(14)10-20-18(23)17-15-11-19-8-7-16(15)21-22-17/h3-6,19H,2,7-12H2,1H3,(H,20,23)(H,21,22). The third-order valence-corrected chi connectivity index (χ3v) is 4.19. The van der Waals surface area contributed by atoms with E-state index in [4.69, 9.17) is 4.74 Å². The first kappa shape index (κ1) is 16.7. The molecule has 0 saturated heterocycles. The number of hydrogen-bond donors (Lipinski definition) is 3. The van der Waals surface area contributed by atoms with E-state index >= 15 is 0 Å². The van der Waals surface area contributed by atoms with Crippen LogP contribution in [0, 0.1) is 0 Å². The van der Waals surface area contributed by atoms with Crippen molar-refractivity contribution in [2.24, 2.45) is 0 Å². The van der Waals surface area contributed by atoms with E-state index in [-0.39, 0.29) is 5.91 Å². The summed E-state index contributed by atoms with van der Waals surface area (Å²) in [5.41, 5.74) is 4.73. The fourth-order valence-corrected chi connectivity index (χ4v) is 2.87. The van der Waals surface area contributed by atoms with Crippen molar-refractivity contribution in [3.8, 4) is 0 Å². The molecule has 3 rings (SSSR count). The van der Waals surface area contributed by atoms with Gasteiger partial charge in [0, 0.05) is 43.9 Å². The van der Waals surface area contributed by atoms with E-state index in [0.717, 1.165) is 48.4 Å². The summed E-state index contributed by atoms with van der Waals surface area (Å²) in [4.78, 5) is 12.5. The summed E-state index contributed by atoms with van der Waals surface area (Å²) in [5, 5.41) is 13.4. The number of amides is 1. The maximum atomic E-state index is 12.5. The van der Waals surface area contributed by atoms with Gasteiger partial charge in [0.05, 0.1) is 6.61 Å². The monoisotopic (exact) mass is 328 g/mol. The topological polar surface area (TPSA) is 79.0 Å². The van der Waals surface area contributed by atoms with Crippen molar-refractivity contribution >= 4 is 5.91 Å². The SMILES string of the molecule is CCCOCc1ccccc1CNC(=O)c1n[nH]c2c1CNCC2. The van der Waals surface area contributed by atoms with E-state index in [9.17, 15) is 4.79 Å². The van der Waals surface area contributed by atoms with E-state index in [1.54, 1.807) is 0 Å². The van der Waals surface area contributed by atoms with Crippen LogP contribution in [0.2, 0.25) is 0 Å². The fourth-order valence-electron chi connectivity index (χ4n) is 2.87. The largest absolute Gasteiger partial charge is 0.377 e. The maximum absolute atomic E-state index is 12.5. The average Bonchev–Trinajstić information content (AvgIpc) is 3.05. The van der Waals surface area contributed by atoms with Gasteiger partial charge in [-0.1, -0.05) is 31.2 Å². The number of fused-ring (bicyclic) bond motifs is 1. The second-order valence-electron chi connectivity index (χ2n) is 5.96. The Bertz CT molecular complexity index is 696. The highest BCUT2D eigenvalue weighted by Gasteiger charge is 2.21. The van der Waals surface area contributed by atoms with Gasteiger partial charge in [-0.05, 0) is 17.5 Å². The zero-order valence-corrected chi connectivity index (χ0v) is 14.0. The van der Waals surface area contributed by atoms with Crippen molar-refractivity contribution in [2.75, 3.05) is 13.2 Å². The molecule has 2 heterocycles. The van der Waals surface area contributed by atoms with Crippen molar-refractivity contribution < 1.29 is 9.53 Å².